The molecule has 2 aromatic rings. The molecule has 1 aromatic carbocycles. The Kier molecular flexibility index (Phi) is 4.24. The molecule has 0 saturated carbocycles. The summed E-state index contributed by atoms with van der Waals surface area (Å²) in [5.41, 5.74) is 0.410. The number of nitrogens with zero attached hydrogens (tertiary/aromatic N) is 1. The predicted octanol–water partition coefficient (Wildman–Crippen LogP) is 2.21. The van der Waals surface area contributed by atoms with Gasteiger partial charge >= 0.3 is 0 Å². The number of nitrogens with one attached hydrogen (secondary N) is 2. The Labute approximate surface area is 125 Å². The number of rotatable bonds is 4. The number of hydrogen-bond donors (Lipinski definition) is 2. The van der Waals surface area contributed by atoms with E-state index in [1.807, 2.05) is 0 Å². The quantitative estimate of drug-likeness (QED) is 0.900. The topological polar surface area (TPSA) is 88.2 Å². The van der Waals surface area contributed by atoms with Crippen LogP contribution in [0.1, 0.15) is 15.4 Å². The number of carbonyl (C=O) groups is 1. The predicted molar refractivity (Wildman–Crippen MR) is 79.7 cm³/mol. The third-order valence-electron chi connectivity index (χ3n) is 2.40. The molecular weight excluding hydrogens is 317 g/mol. The van der Waals surface area contributed by atoms with Crippen LogP contribution in [-0.4, -0.2) is 25.6 Å². The van der Waals surface area contributed by atoms with Gasteiger partial charge in [-0.25, -0.2) is 17.8 Å². The highest BCUT2D eigenvalue weighted by atomic mass is 32.2. The van der Waals surface area contributed by atoms with Crippen molar-refractivity contribution in [1.82, 2.24) is 4.98 Å². The monoisotopic (exact) mass is 329 g/mol. The van der Waals surface area contributed by atoms with Crippen molar-refractivity contribution < 1.29 is 17.6 Å². The Morgan fingerprint density at radius 1 is 1.33 bits per heavy atom. The summed E-state index contributed by atoms with van der Waals surface area (Å²) in [6.07, 6.45) is 0.989. The standard InChI is InChI=1S/C12H12FN3O3S2/c1-7-10(20-12(14-7)16-21(2,18)19)11(17)15-9-6-4-3-5-8(9)13/h3-6H,1-2H3,(H,14,16)(H,15,17). The van der Waals surface area contributed by atoms with Crippen molar-refractivity contribution in [1.29, 1.82) is 0 Å². The molecule has 0 fully saturated rings. The van der Waals surface area contributed by atoms with Gasteiger partial charge in [0.25, 0.3) is 5.91 Å². The number of aryl methyl sites for hydroxylation is 1. The van der Waals surface area contributed by atoms with Crippen LogP contribution in [0.25, 0.3) is 0 Å². The van der Waals surface area contributed by atoms with Gasteiger partial charge in [-0.2, -0.15) is 0 Å². The largest absolute Gasteiger partial charge is 0.319 e. The van der Waals surface area contributed by atoms with Crippen LogP contribution in [0.15, 0.2) is 24.3 Å². The summed E-state index contributed by atoms with van der Waals surface area (Å²) in [5.74, 6) is -1.10. The summed E-state index contributed by atoms with van der Waals surface area (Å²) in [7, 11) is -3.47. The fourth-order valence-corrected chi connectivity index (χ4v) is 3.25. The van der Waals surface area contributed by atoms with Gasteiger partial charge in [-0.15, -0.1) is 0 Å². The van der Waals surface area contributed by atoms with Crippen LogP contribution in [0.2, 0.25) is 0 Å². The average molecular weight is 329 g/mol. The van der Waals surface area contributed by atoms with E-state index < -0.39 is 21.7 Å². The van der Waals surface area contributed by atoms with Crippen molar-refractivity contribution in [3.05, 3.63) is 40.7 Å². The summed E-state index contributed by atoms with van der Waals surface area (Å²) >= 11 is 0.884. The molecule has 0 aliphatic heterocycles. The van der Waals surface area contributed by atoms with E-state index in [-0.39, 0.29) is 15.7 Å². The lowest BCUT2D eigenvalue weighted by Crippen LogP contribution is -2.12. The number of carbonyl (C=O) groups excluding carboxylic acids is 1. The number of thiazole rings is 1. The minimum atomic E-state index is -3.47. The normalized spacial score (nSPS) is 11.2. The molecule has 0 atom stereocenters. The highest BCUT2D eigenvalue weighted by Crippen LogP contribution is 2.24. The van der Waals surface area contributed by atoms with Crippen LogP contribution in [0.3, 0.4) is 0 Å². The summed E-state index contributed by atoms with van der Waals surface area (Å²) in [5, 5.41) is 2.51. The Hall–Kier alpha value is -2.00. The molecule has 0 unspecified atom stereocenters. The minimum absolute atomic E-state index is 0.0490. The van der Waals surface area contributed by atoms with Crippen molar-refractivity contribution in [2.45, 2.75) is 6.92 Å². The Bertz CT molecular complexity index is 787. The minimum Gasteiger partial charge on any atom is -0.319 e. The molecule has 6 nitrogen and oxygen atoms in total. The van der Waals surface area contributed by atoms with Crippen LogP contribution in [0, 0.1) is 12.7 Å². The van der Waals surface area contributed by atoms with Crippen LogP contribution < -0.4 is 10.0 Å². The van der Waals surface area contributed by atoms with Gasteiger partial charge < -0.3 is 5.32 Å². The smallest absolute Gasteiger partial charge is 0.267 e. The van der Waals surface area contributed by atoms with Gasteiger partial charge in [0.15, 0.2) is 5.13 Å². The van der Waals surface area contributed by atoms with E-state index in [0.717, 1.165) is 17.6 Å². The van der Waals surface area contributed by atoms with Gasteiger partial charge in [0.2, 0.25) is 10.0 Å². The molecule has 0 bridgehead atoms. The number of para-hydroxylation sites is 1. The molecule has 9 heteroatoms. The number of amides is 1. The van der Waals surface area contributed by atoms with Crippen molar-refractivity contribution in [2.75, 3.05) is 16.3 Å². The fraction of sp³-hybridized carbons (Fsp3) is 0.167. The number of aromatic nitrogens is 1. The van der Waals surface area contributed by atoms with E-state index in [1.54, 1.807) is 13.0 Å². The summed E-state index contributed by atoms with van der Waals surface area (Å²) in [4.78, 5) is 16.2. The highest BCUT2D eigenvalue weighted by molar-refractivity contribution is 7.92. The maximum atomic E-state index is 13.5. The first kappa shape index (κ1) is 15.4. The number of hydrogen-bond acceptors (Lipinski definition) is 5. The molecule has 0 saturated heterocycles. The third-order valence-corrected chi connectivity index (χ3v) is 4.16. The maximum absolute atomic E-state index is 13.5. The molecule has 0 radical (unpaired) electrons. The highest BCUT2D eigenvalue weighted by Gasteiger charge is 2.18. The van der Waals surface area contributed by atoms with Gasteiger partial charge in [-0.3, -0.25) is 9.52 Å². The molecule has 2 rings (SSSR count). The van der Waals surface area contributed by atoms with Crippen LogP contribution in [0.5, 0.6) is 0 Å². The van der Waals surface area contributed by atoms with Crippen molar-refractivity contribution in [2.24, 2.45) is 0 Å². The van der Waals surface area contributed by atoms with E-state index in [1.165, 1.54) is 18.2 Å². The summed E-state index contributed by atoms with van der Waals surface area (Å²) in [6, 6.07) is 5.76. The van der Waals surface area contributed by atoms with Gasteiger partial charge in [0, 0.05) is 0 Å². The number of benzene rings is 1. The molecule has 0 aliphatic carbocycles. The molecule has 1 heterocycles. The first-order valence-electron chi connectivity index (χ1n) is 5.77. The van der Waals surface area contributed by atoms with Gasteiger partial charge in [0.05, 0.1) is 17.6 Å². The summed E-state index contributed by atoms with van der Waals surface area (Å²) < 4.78 is 37.9. The molecular formula is C12H12FN3O3S2. The first-order valence-corrected chi connectivity index (χ1v) is 8.48. The van der Waals surface area contributed by atoms with Crippen molar-refractivity contribution in [3.8, 4) is 0 Å². The zero-order valence-electron chi connectivity index (χ0n) is 11.2. The molecule has 21 heavy (non-hydrogen) atoms. The number of halogens is 1. The zero-order chi connectivity index (χ0) is 15.6. The van der Waals surface area contributed by atoms with Crippen LogP contribution in [-0.2, 0) is 10.0 Å². The molecule has 2 N–H and O–H groups in total. The lowest BCUT2D eigenvalue weighted by Gasteiger charge is -2.04. The first-order chi connectivity index (χ1) is 9.76. The van der Waals surface area contributed by atoms with Crippen molar-refractivity contribution in [3.63, 3.8) is 0 Å². The molecule has 1 amide bonds. The van der Waals surface area contributed by atoms with Crippen molar-refractivity contribution >= 4 is 38.1 Å². The zero-order valence-corrected chi connectivity index (χ0v) is 12.8. The molecule has 0 spiro atoms. The van der Waals surface area contributed by atoms with E-state index in [4.69, 9.17) is 0 Å². The van der Waals surface area contributed by atoms with E-state index >= 15 is 0 Å². The maximum Gasteiger partial charge on any atom is 0.267 e. The van der Waals surface area contributed by atoms with Crippen LogP contribution in [0.4, 0.5) is 15.2 Å². The van der Waals surface area contributed by atoms with Crippen LogP contribution >= 0.6 is 11.3 Å². The number of anilines is 2. The Morgan fingerprint density at radius 3 is 2.62 bits per heavy atom. The third kappa shape index (κ3) is 3.99. The Balaban J connectivity index is 2.22. The Morgan fingerprint density at radius 2 is 2.00 bits per heavy atom. The average Bonchev–Trinajstić information content (AvgIpc) is 2.70. The van der Waals surface area contributed by atoms with Gasteiger partial charge in [0.1, 0.15) is 10.7 Å². The molecule has 112 valence electrons. The fourth-order valence-electron chi connectivity index (χ4n) is 1.55. The lowest BCUT2D eigenvalue weighted by atomic mass is 10.3. The number of sulfonamides is 1. The summed E-state index contributed by atoms with van der Waals surface area (Å²) in [6.45, 7) is 1.57. The molecule has 1 aromatic heterocycles. The second kappa shape index (κ2) is 5.78. The second-order valence-electron chi connectivity index (χ2n) is 4.24. The SMILES string of the molecule is Cc1nc(NS(C)(=O)=O)sc1C(=O)Nc1ccccc1F. The van der Waals surface area contributed by atoms with Gasteiger partial charge in [-0.05, 0) is 19.1 Å². The van der Waals surface area contributed by atoms with E-state index in [9.17, 15) is 17.6 Å². The second-order valence-corrected chi connectivity index (χ2v) is 6.99. The van der Waals surface area contributed by atoms with Gasteiger partial charge in [-0.1, -0.05) is 23.5 Å². The molecule has 0 aliphatic rings. The van der Waals surface area contributed by atoms with E-state index in [0.29, 0.717) is 5.69 Å². The van der Waals surface area contributed by atoms with E-state index in [2.05, 4.69) is 15.0 Å². The lowest BCUT2D eigenvalue weighted by molar-refractivity contribution is 0.102.